The Morgan fingerprint density at radius 3 is 2.44 bits per heavy atom. The smallest absolute Gasteiger partial charge is 0.242 e. The fraction of sp³-hybridized carbons (Fsp3) is 0.409. The number of methoxy groups -OCH3 is 2. The van der Waals surface area contributed by atoms with Crippen molar-refractivity contribution in [1.82, 2.24) is 14.5 Å². The minimum Gasteiger partial charge on any atom is -0.497 e. The number of nitrogens with zero attached hydrogens (tertiary/aromatic N) is 2. The third-order valence-electron chi connectivity index (χ3n) is 5.36. The number of carbonyl (C=O) groups excluding carboxylic acids is 1. The van der Waals surface area contributed by atoms with Crippen LogP contribution in [0, 0.1) is 0 Å². The highest BCUT2D eigenvalue weighted by Gasteiger charge is 2.23. The summed E-state index contributed by atoms with van der Waals surface area (Å²) in [6.45, 7) is 3.33. The number of hydrogen-bond acceptors (Lipinski definition) is 6. The summed E-state index contributed by atoms with van der Waals surface area (Å²) in [4.78, 5) is 16.6. The van der Waals surface area contributed by atoms with E-state index in [9.17, 15) is 13.2 Å². The lowest BCUT2D eigenvalue weighted by Gasteiger charge is -2.35. The third kappa shape index (κ3) is 6.13. The van der Waals surface area contributed by atoms with Crippen LogP contribution >= 0.6 is 11.6 Å². The van der Waals surface area contributed by atoms with E-state index in [0.717, 1.165) is 30.2 Å². The average molecular weight is 482 g/mol. The molecular weight excluding hydrogens is 454 g/mol. The molecule has 0 aliphatic carbocycles. The predicted octanol–water partition coefficient (Wildman–Crippen LogP) is 2.37. The predicted molar refractivity (Wildman–Crippen MR) is 123 cm³/mol. The van der Waals surface area contributed by atoms with Crippen LogP contribution in [0.5, 0.6) is 11.5 Å². The van der Waals surface area contributed by atoms with Gasteiger partial charge in [0.15, 0.2) is 0 Å². The summed E-state index contributed by atoms with van der Waals surface area (Å²) in [5, 5.41) is 0.148. The zero-order valence-corrected chi connectivity index (χ0v) is 19.8. The fourth-order valence-electron chi connectivity index (χ4n) is 3.59. The largest absolute Gasteiger partial charge is 0.497 e. The van der Waals surface area contributed by atoms with E-state index in [2.05, 4.69) is 9.62 Å². The monoisotopic (exact) mass is 481 g/mol. The minimum atomic E-state index is -3.76. The summed E-state index contributed by atoms with van der Waals surface area (Å²) in [5.74, 6) is 1.49. The molecule has 0 aromatic heterocycles. The molecule has 2 aromatic rings. The molecule has 1 amide bonds. The Kier molecular flexibility index (Phi) is 8.36. The van der Waals surface area contributed by atoms with Crippen LogP contribution in [0.15, 0.2) is 47.4 Å². The molecule has 1 N–H and O–H groups in total. The van der Waals surface area contributed by atoms with Gasteiger partial charge in [0.25, 0.3) is 0 Å². The number of hydrogen-bond donors (Lipinski definition) is 1. The first-order valence-electron chi connectivity index (χ1n) is 10.3. The van der Waals surface area contributed by atoms with Crippen LogP contribution in [0.4, 0.5) is 0 Å². The van der Waals surface area contributed by atoms with Crippen LogP contribution in [0.25, 0.3) is 0 Å². The second-order valence-electron chi connectivity index (χ2n) is 7.41. The number of halogens is 1. The van der Waals surface area contributed by atoms with E-state index in [1.54, 1.807) is 31.3 Å². The normalized spacial score (nSPS) is 14.9. The Labute approximate surface area is 194 Å². The van der Waals surface area contributed by atoms with Gasteiger partial charge in [-0.2, -0.15) is 0 Å². The lowest BCUT2D eigenvalue weighted by Crippen LogP contribution is -2.48. The quantitative estimate of drug-likeness (QED) is 0.591. The summed E-state index contributed by atoms with van der Waals surface area (Å²) in [7, 11) is -0.486. The van der Waals surface area contributed by atoms with Gasteiger partial charge in [0, 0.05) is 51.3 Å². The first-order valence-corrected chi connectivity index (χ1v) is 12.2. The van der Waals surface area contributed by atoms with Crippen LogP contribution in [-0.2, 0) is 21.4 Å². The van der Waals surface area contributed by atoms with E-state index in [0.29, 0.717) is 19.6 Å². The molecule has 174 valence electrons. The zero-order valence-electron chi connectivity index (χ0n) is 18.2. The van der Waals surface area contributed by atoms with Crippen molar-refractivity contribution in [3.8, 4) is 11.5 Å². The summed E-state index contributed by atoms with van der Waals surface area (Å²) in [5.41, 5.74) is 1.03. The number of carbonyl (C=O) groups is 1. The molecule has 2 aromatic carbocycles. The number of benzene rings is 2. The Morgan fingerprint density at radius 2 is 1.78 bits per heavy atom. The van der Waals surface area contributed by atoms with Crippen LogP contribution in [0.2, 0.25) is 5.02 Å². The van der Waals surface area contributed by atoms with Crippen molar-refractivity contribution in [3.63, 3.8) is 0 Å². The zero-order chi connectivity index (χ0) is 23.1. The standard InChI is InChI=1S/C22H28ClN3O5S/c1-30-18-7-8-20(31-2)17(15-18)16-25-11-13-26(14-12-25)22(27)9-10-24-32(28,29)21-6-4-3-5-19(21)23/h3-8,15,24H,9-14,16H2,1-2H3. The molecule has 1 saturated heterocycles. The number of ether oxygens (including phenoxy) is 2. The van der Waals surface area contributed by atoms with Crippen LogP contribution in [-0.4, -0.2) is 71.1 Å². The Hall–Kier alpha value is -2.33. The SMILES string of the molecule is COc1ccc(OC)c(CN2CCN(C(=O)CCNS(=O)(=O)c3ccccc3Cl)CC2)c1. The summed E-state index contributed by atoms with van der Waals surface area (Å²) in [6, 6.07) is 11.9. The van der Waals surface area contributed by atoms with Gasteiger partial charge in [0.1, 0.15) is 16.4 Å². The number of amides is 1. The van der Waals surface area contributed by atoms with Crippen LogP contribution < -0.4 is 14.2 Å². The fourth-order valence-corrected chi connectivity index (χ4v) is 5.14. The second-order valence-corrected chi connectivity index (χ2v) is 9.56. The molecule has 1 heterocycles. The highest BCUT2D eigenvalue weighted by molar-refractivity contribution is 7.89. The van der Waals surface area contributed by atoms with Crippen molar-refractivity contribution in [3.05, 3.63) is 53.1 Å². The lowest BCUT2D eigenvalue weighted by atomic mass is 10.1. The first-order chi connectivity index (χ1) is 15.3. The average Bonchev–Trinajstić information content (AvgIpc) is 2.79. The summed E-state index contributed by atoms with van der Waals surface area (Å²) < 4.78 is 38.0. The Morgan fingerprint density at radius 1 is 1.06 bits per heavy atom. The molecule has 0 spiro atoms. The molecule has 0 saturated carbocycles. The van der Waals surface area contributed by atoms with Crippen molar-refractivity contribution in [2.75, 3.05) is 46.9 Å². The number of sulfonamides is 1. The maximum absolute atomic E-state index is 12.5. The van der Waals surface area contributed by atoms with Gasteiger partial charge >= 0.3 is 0 Å². The van der Waals surface area contributed by atoms with Crippen LogP contribution in [0.1, 0.15) is 12.0 Å². The van der Waals surface area contributed by atoms with Gasteiger partial charge < -0.3 is 14.4 Å². The first kappa shape index (κ1) is 24.3. The molecule has 3 rings (SSSR count). The molecule has 8 nitrogen and oxygen atoms in total. The summed E-state index contributed by atoms with van der Waals surface area (Å²) in [6.07, 6.45) is 0.0907. The van der Waals surface area contributed by atoms with Gasteiger partial charge in [0.05, 0.1) is 19.2 Å². The van der Waals surface area contributed by atoms with Gasteiger partial charge in [-0.3, -0.25) is 9.69 Å². The van der Waals surface area contributed by atoms with Gasteiger partial charge in [0.2, 0.25) is 15.9 Å². The van der Waals surface area contributed by atoms with E-state index in [1.807, 2.05) is 18.2 Å². The van der Waals surface area contributed by atoms with Crippen molar-refractivity contribution in [2.45, 2.75) is 17.9 Å². The maximum atomic E-state index is 12.5. The molecular formula is C22H28ClN3O5S. The van der Waals surface area contributed by atoms with E-state index in [-0.39, 0.29) is 28.8 Å². The molecule has 0 unspecified atom stereocenters. The van der Waals surface area contributed by atoms with Crippen molar-refractivity contribution in [2.24, 2.45) is 0 Å². The number of rotatable bonds is 9. The molecule has 10 heteroatoms. The van der Waals surface area contributed by atoms with Crippen molar-refractivity contribution < 1.29 is 22.7 Å². The van der Waals surface area contributed by atoms with Gasteiger partial charge in [-0.25, -0.2) is 13.1 Å². The van der Waals surface area contributed by atoms with E-state index < -0.39 is 10.0 Å². The maximum Gasteiger partial charge on any atom is 0.242 e. The highest BCUT2D eigenvalue weighted by Crippen LogP contribution is 2.25. The Bertz CT molecular complexity index is 1040. The van der Waals surface area contributed by atoms with E-state index >= 15 is 0 Å². The summed E-state index contributed by atoms with van der Waals surface area (Å²) >= 11 is 5.97. The highest BCUT2D eigenvalue weighted by atomic mass is 35.5. The molecule has 1 fully saturated rings. The van der Waals surface area contributed by atoms with Gasteiger partial charge in [-0.05, 0) is 30.3 Å². The van der Waals surface area contributed by atoms with Gasteiger partial charge in [-0.1, -0.05) is 23.7 Å². The number of nitrogens with one attached hydrogen (secondary N) is 1. The lowest BCUT2D eigenvalue weighted by molar-refractivity contribution is -0.132. The minimum absolute atomic E-state index is 0.00991. The van der Waals surface area contributed by atoms with E-state index in [1.165, 1.54) is 12.1 Å². The molecule has 0 bridgehead atoms. The Balaban J connectivity index is 1.47. The molecule has 0 radical (unpaired) electrons. The third-order valence-corrected chi connectivity index (χ3v) is 7.32. The number of piperazine rings is 1. The van der Waals surface area contributed by atoms with E-state index in [4.69, 9.17) is 21.1 Å². The topological polar surface area (TPSA) is 88.2 Å². The molecule has 32 heavy (non-hydrogen) atoms. The van der Waals surface area contributed by atoms with Crippen molar-refractivity contribution >= 4 is 27.5 Å². The van der Waals surface area contributed by atoms with Crippen molar-refractivity contribution in [1.29, 1.82) is 0 Å². The molecule has 1 aliphatic heterocycles. The van der Waals surface area contributed by atoms with Crippen LogP contribution in [0.3, 0.4) is 0 Å². The molecule has 1 aliphatic rings. The van der Waals surface area contributed by atoms with Gasteiger partial charge in [-0.15, -0.1) is 0 Å². The molecule has 0 atom stereocenters. The second kappa shape index (κ2) is 11.0.